The highest BCUT2D eigenvalue weighted by atomic mass is 35.5. The number of para-hydroxylation sites is 1. The molecule has 0 radical (unpaired) electrons. The van der Waals surface area contributed by atoms with E-state index in [-0.39, 0.29) is 11.8 Å². The van der Waals surface area contributed by atoms with Crippen molar-refractivity contribution in [1.82, 2.24) is 14.8 Å². The lowest BCUT2D eigenvalue weighted by atomic mass is 9.74. The Kier molecular flexibility index (Phi) is 6.63. The first-order valence-electron chi connectivity index (χ1n) is 13.5. The van der Waals surface area contributed by atoms with Crippen LogP contribution in [0.5, 0.6) is 0 Å². The first kappa shape index (κ1) is 25.0. The van der Waals surface area contributed by atoms with Crippen LogP contribution in [0, 0.1) is 17.2 Å². The molecular formula is C30H32ClN5O2. The summed E-state index contributed by atoms with van der Waals surface area (Å²) >= 11 is 6.28. The molecule has 2 aromatic carbocycles. The van der Waals surface area contributed by atoms with E-state index in [0.717, 1.165) is 60.2 Å². The summed E-state index contributed by atoms with van der Waals surface area (Å²) in [5.74, 6) is 0.664. The van der Waals surface area contributed by atoms with Crippen molar-refractivity contribution in [1.29, 1.82) is 5.26 Å². The molecule has 3 aliphatic heterocycles. The van der Waals surface area contributed by atoms with E-state index in [1.807, 2.05) is 52.3 Å². The Morgan fingerprint density at radius 3 is 2.71 bits per heavy atom. The normalized spacial score (nSPS) is 18.6. The molecule has 8 heteroatoms. The first-order valence-corrected chi connectivity index (χ1v) is 13.9. The number of hydrogen-bond acceptors (Lipinski definition) is 4. The summed E-state index contributed by atoms with van der Waals surface area (Å²) in [7, 11) is 0. The van der Waals surface area contributed by atoms with Crippen LogP contribution in [-0.4, -0.2) is 47.5 Å². The van der Waals surface area contributed by atoms with Gasteiger partial charge in [0, 0.05) is 59.8 Å². The van der Waals surface area contributed by atoms with Gasteiger partial charge in [0.2, 0.25) is 11.8 Å². The van der Waals surface area contributed by atoms with Crippen LogP contribution in [-0.2, 0) is 28.1 Å². The molecule has 0 saturated carbocycles. The van der Waals surface area contributed by atoms with E-state index >= 15 is 0 Å². The predicted octanol–water partition coefficient (Wildman–Crippen LogP) is 4.61. The van der Waals surface area contributed by atoms with Gasteiger partial charge < -0.3 is 19.7 Å². The molecule has 0 bridgehead atoms. The third-order valence-corrected chi connectivity index (χ3v) is 8.74. The van der Waals surface area contributed by atoms with Gasteiger partial charge in [-0.1, -0.05) is 29.8 Å². The Hall–Kier alpha value is -3.34. The molecule has 0 aliphatic carbocycles. The van der Waals surface area contributed by atoms with Gasteiger partial charge in [0.15, 0.2) is 0 Å². The molecule has 38 heavy (non-hydrogen) atoms. The van der Waals surface area contributed by atoms with E-state index in [0.29, 0.717) is 50.0 Å². The average molecular weight is 530 g/mol. The van der Waals surface area contributed by atoms with Crippen LogP contribution >= 0.6 is 11.6 Å². The summed E-state index contributed by atoms with van der Waals surface area (Å²) in [6, 6.07) is 18.2. The van der Waals surface area contributed by atoms with Crippen molar-refractivity contribution < 1.29 is 9.59 Å². The van der Waals surface area contributed by atoms with E-state index < -0.39 is 5.41 Å². The fraction of sp³-hybridized carbons (Fsp3) is 0.433. The highest BCUT2D eigenvalue weighted by molar-refractivity contribution is 6.31. The van der Waals surface area contributed by atoms with Crippen LogP contribution in [0.25, 0.3) is 10.9 Å². The molecule has 3 aliphatic rings. The van der Waals surface area contributed by atoms with Crippen LogP contribution in [0.1, 0.15) is 43.4 Å². The molecule has 3 aromatic rings. The SMILES string of the molecule is N#CCCCn1c(CN2C(=O)C3(CN(C(=O)CC4CCNCC4)C3)c3ccccc32)cc2cc(Cl)ccc21. The zero-order valence-corrected chi connectivity index (χ0v) is 22.2. The molecule has 4 heterocycles. The smallest absolute Gasteiger partial charge is 0.241 e. The second kappa shape index (κ2) is 10.1. The number of benzene rings is 2. The van der Waals surface area contributed by atoms with Gasteiger partial charge in [-0.25, -0.2) is 0 Å². The fourth-order valence-electron chi connectivity index (χ4n) is 6.47. The number of nitriles is 1. The Balaban J connectivity index is 1.26. The maximum absolute atomic E-state index is 14.1. The summed E-state index contributed by atoms with van der Waals surface area (Å²) in [6.45, 7) is 3.97. The predicted molar refractivity (Wildman–Crippen MR) is 148 cm³/mol. The molecule has 1 spiro atoms. The Labute approximate surface area is 227 Å². The zero-order valence-electron chi connectivity index (χ0n) is 21.5. The van der Waals surface area contributed by atoms with Crippen molar-refractivity contribution in [2.45, 2.75) is 50.6 Å². The molecule has 6 rings (SSSR count). The van der Waals surface area contributed by atoms with Gasteiger partial charge >= 0.3 is 0 Å². The number of anilines is 1. The number of unbranched alkanes of at least 4 members (excludes halogenated alkanes) is 1. The van der Waals surface area contributed by atoms with Crippen LogP contribution in [0.4, 0.5) is 5.69 Å². The van der Waals surface area contributed by atoms with E-state index in [9.17, 15) is 9.59 Å². The minimum Gasteiger partial charge on any atom is -0.343 e. The van der Waals surface area contributed by atoms with Gasteiger partial charge in [-0.2, -0.15) is 5.26 Å². The van der Waals surface area contributed by atoms with E-state index in [1.54, 1.807) is 0 Å². The number of piperidine rings is 1. The number of carbonyl (C=O) groups is 2. The zero-order chi connectivity index (χ0) is 26.3. The molecule has 2 saturated heterocycles. The van der Waals surface area contributed by atoms with Crippen molar-refractivity contribution in [2.75, 3.05) is 31.1 Å². The Bertz CT molecular complexity index is 1430. The second-order valence-electron chi connectivity index (χ2n) is 10.9. The number of rotatable bonds is 7. The summed E-state index contributed by atoms with van der Waals surface area (Å²) in [5, 5.41) is 14.1. The van der Waals surface area contributed by atoms with Gasteiger partial charge in [-0.05, 0) is 74.2 Å². The molecule has 2 fully saturated rings. The number of aryl methyl sites for hydroxylation is 1. The molecular weight excluding hydrogens is 498 g/mol. The van der Waals surface area contributed by atoms with Crippen molar-refractivity contribution in [3.05, 3.63) is 64.8 Å². The molecule has 2 amide bonds. The highest BCUT2D eigenvalue weighted by Gasteiger charge is 2.59. The lowest BCUT2D eigenvalue weighted by Crippen LogP contribution is -2.65. The third-order valence-electron chi connectivity index (χ3n) is 8.50. The summed E-state index contributed by atoms with van der Waals surface area (Å²) < 4.78 is 2.21. The van der Waals surface area contributed by atoms with Crippen molar-refractivity contribution in [3.63, 3.8) is 0 Å². The van der Waals surface area contributed by atoms with E-state index in [4.69, 9.17) is 16.9 Å². The number of carbonyl (C=O) groups excluding carboxylic acids is 2. The van der Waals surface area contributed by atoms with Gasteiger partial charge in [0.05, 0.1) is 12.6 Å². The summed E-state index contributed by atoms with van der Waals surface area (Å²) in [4.78, 5) is 30.9. The van der Waals surface area contributed by atoms with Crippen LogP contribution < -0.4 is 10.2 Å². The molecule has 7 nitrogen and oxygen atoms in total. The maximum Gasteiger partial charge on any atom is 0.241 e. The van der Waals surface area contributed by atoms with Crippen molar-refractivity contribution in [3.8, 4) is 6.07 Å². The number of fused-ring (bicyclic) bond motifs is 3. The number of halogens is 1. The van der Waals surface area contributed by atoms with Gasteiger partial charge in [-0.3, -0.25) is 9.59 Å². The third kappa shape index (κ3) is 4.26. The van der Waals surface area contributed by atoms with Gasteiger partial charge in [-0.15, -0.1) is 0 Å². The van der Waals surface area contributed by atoms with Gasteiger partial charge in [0.1, 0.15) is 5.41 Å². The Morgan fingerprint density at radius 2 is 1.92 bits per heavy atom. The van der Waals surface area contributed by atoms with Crippen LogP contribution in [0.2, 0.25) is 5.02 Å². The number of aromatic nitrogens is 1. The van der Waals surface area contributed by atoms with Crippen LogP contribution in [0.3, 0.4) is 0 Å². The number of nitrogens with zero attached hydrogens (tertiary/aromatic N) is 4. The number of amides is 2. The average Bonchev–Trinajstić information content (AvgIpc) is 3.35. The molecule has 1 N–H and O–H groups in total. The van der Waals surface area contributed by atoms with Crippen LogP contribution in [0.15, 0.2) is 48.5 Å². The van der Waals surface area contributed by atoms with E-state index in [1.165, 1.54) is 0 Å². The van der Waals surface area contributed by atoms with Crippen molar-refractivity contribution in [2.24, 2.45) is 5.92 Å². The lowest BCUT2D eigenvalue weighted by Gasteiger charge is -2.47. The minimum absolute atomic E-state index is 0.0662. The maximum atomic E-state index is 14.1. The summed E-state index contributed by atoms with van der Waals surface area (Å²) in [5.41, 5.74) is 3.34. The molecule has 196 valence electrons. The highest BCUT2D eigenvalue weighted by Crippen LogP contribution is 2.48. The second-order valence-corrected chi connectivity index (χ2v) is 11.3. The fourth-order valence-corrected chi connectivity index (χ4v) is 6.66. The van der Waals surface area contributed by atoms with Crippen molar-refractivity contribution >= 4 is 40.0 Å². The van der Waals surface area contributed by atoms with E-state index in [2.05, 4.69) is 22.0 Å². The summed E-state index contributed by atoms with van der Waals surface area (Å²) in [6.07, 6.45) is 3.85. The van der Waals surface area contributed by atoms with Gasteiger partial charge in [0.25, 0.3) is 0 Å². The number of likely N-dealkylation sites (tertiary alicyclic amines) is 1. The minimum atomic E-state index is -0.665. The quantitative estimate of drug-likeness (QED) is 0.453. The standard InChI is InChI=1S/C30H32ClN5O2/c31-23-7-8-26-22(16-23)17-24(35(26)14-4-3-11-32)18-36-27-6-2-1-5-25(27)30(29(36)38)19-34(20-30)28(37)15-21-9-12-33-13-10-21/h1-2,5-8,16-17,21,33H,3-4,9-10,12-15,18-20H2. The lowest BCUT2D eigenvalue weighted by molar-refractivity contribution is -0.145. The number of nitrogens with one attached hydrogen (secondary N) is 1. The molecule has 0 unspecified atom stereocenters. The monoisotopic (exact) mass is 529 g/mol. The number of hydrogen-bond donors (Lipinski definition) is 1. The molecule has 1 aromatic heterocycles. The molecule has 0 atom stereocenters. The topological polar surface area (TPSA) is 81.4 Å². The largest absolute Gasteiger partial charge is 0.343 e. The Morgan fingerprint density at radius 1 is 1.13 bits per heavy atom. The first-order chi connectivity index (χ1) is 18.5.